The van der Waals surface area contributed by atoms with Crippen LogP contribution in [0.25, 0.3) is 0 Å². The Labute approximate surface area is 161 Å². The van der Waals surface area contributed by atoms with E-state index in [-0.39, 0.29) is 24.3 Å². The van der Waals surface area contributed by atoms with E-state index < -0.39 is 0 Å². The monoisotopic (exact) mass is 390 g/mol. The normalized spacial score (nSPS) is 10.5. The van der Waals surface area contributed by atoms with Crippen LogP contribution in [0.2, 0.25) is 0 Å². The van der Waals surface area contributed by atoms with Gasteiger partial charge in [-0.15, -0.1) is 0 Å². The molecule has 0 radical (unpaired) electrons. The number of esters is 2. The molecule has 0 aromatic heterocycles. The standard InChI is InChI=1S/C19H34O4S2/c1-17(23-19(21)13-9-5-7-11-15-25-3)16-22-18(20)12-8-4-6-10-14-24-2/h1,4-16H2,2-3H3. The average molecular weight is 391 g/mol. The van der Waals surface area contributed by atoms with Gasteiger partial charge in [0.25, 0.3) is 0 Å². The molecular weight excluding hydrogens is 356 g/mol. The van der Waals surface area contributed by atoms with Crippen molar-refractivity contribution in [3.05, 3.63) is 12.3 Å². The summed E-state index contributed by atoms with van der Waals surface area (Å²) in [6.07, 6.45) is 13.4. The summed E-state index contributed by atoms with van der Waals surface area (Å²) in [4.78, 5) is 23.3. The smallest absolute Gasteiger partial charge is 0.310 e. The van der Waals surface area contributed by atoms with Crippen molar-refractivity contribution in [3.8, 4) is 0 Å². The second-order valence-corrected chi connectivity index (χ2v) is 7.96. The Morgan fingerprint density at radius 1 is 0.760 bits per heavy atom. The van der Waals surface area contributed by atoms with E-state index in [1.807, 2.05) is 23.5 Å². The van der Waals surface area contributed by atoms with Gasteiger partial charge in [-0.25, -0.2) is 0 Å². The first-order chi connectivity index (χ1) is 12.1. The molecule has 0 aliphatic carbocycles. The van der Waals surface area contributed by atoms with Crippen LogP contribution in [-0.4, -0.2) is 42.6 Å². The Hall–Kier alpha value is -0.620. The summed E-state index contributed by atoms with van der Waals surface area (Å²) in [6.45, 7) is 3.60. The first-order valence-corrected chi connectivity index (χ1v) is 11.9. The molecule has 0 bridgehead atoms. The van der Waals surface area contributed by atoms with Crippen LogP contribution in [0.1, 0.15) is 64.2 Å². The summed E-state index contributed by atoms with van der Waals surface area (Å²) in [5.74, 6) is 2.01. The lowest BCUT2D eigenvalue weighted by atomic mass is 10.1. The van der Waals surface area contributed by atoms with Gasteiger partial charge in [0.15, 0.2) is 0 Å². The van der Waals surface area contributed by atoms with Crippen molar-refractivity contribution >= 4 is 35.5 Å². The number of carbonyl (C=O) groups is 2. The van der Waals surface area contributed by atoms with Gasteiger partial charge in [0.2, 0.25) is 0 Å². The predicted molar refractivity (Wildman–Crippen MR) is 109 cm³/mol. The van der Waals surface area contributed by atoms with Gasteiger partial charge >= 0.3 is 11.9 Å². The number of hydrogen-bond acceptors (Lipinski definition) is 6. The summed E-state index contributed by atoms with van der Waals surface area (Å²) >= 11 is 3.69. The van der Waals surface area contributed by atoms with Crippen LogP contribution in [0.5, 0.6) is 0 Å². The van der Waals surface area contributed by atoms with Crippen molar-refractivity contribution in [2.45, 2.75) is 64.2 Å². The van der Waals surface area contributed by atoms with Crippen molar-refractivity contribution in [1.29, 1.82) is 0 Å². The predicted octanol–water partition coefficient (Wildman–Crippen LogP) is 5.21. The first kappa shape index (κ1) is 24.4. The minimum Gasteiger partial charge on any atom is -0.458 e. The summed E-state index contributed by atoms with van der Waals surface area (Å²) in [7, 11) is 0. The Morgan fingerprint density at radius 2 is 1.24 bits per heavy atom. The molecule has 146 valence electrons. The first-order valence-electron chi connectivity index (χ1n) is 9.12. The third kappa shape index (κ3) is 18.0. The fourth-order valence-corrected chi connectivity index (χ4v) is 3.20. The summed E-state index contributed by atoms with van der Waals surface area (Å²) in [6, 6.07) is 0. The molecule has 0 saturated heterocycles. The van der Waals surface area contributed by atoms with Crippen molar-refractivity contribution in [2.75, 3.05) is 30.6 Å². The molecule has 0 spiro atoms. The summed E-state index contributed by atoms with van der Waals surface area (Å²) < 4.78 is 10.2. The number of ether oxygens (including phenoxy) is 2. The van der Waals surface area contributed by atoms with Crippen molar-refractivity contribution < 1.29 is 19.1 Å². The highest BCUT2D eigenvalue weighted by Gasteiger charge is 2.08. The Kier molecular flexibility index (Phi) is 17.7. The van der Waals surface area contributed by atoms with E-state index in [0.717, 1.165) is 38.5 Å². The van der Waals surface area contributed by atoms with Crippen LogP contribution in [0, 0.1) is 0 Å². The number of rotatable bonds is 17. The molecule has 0 rings (SSSR count). The maximum Gasteiger partial charge on any atom is 0.310 e. The zero-order valence-corrected chi connectivity index (χ0v) is 17.5. The summed E-state index contributed by atoms with van der Waals surface area (Å²) in [5.41, 5.74) is 0. The van der Waals surface area contributed by atoms with E-state index in [9.17, 15) is 9.59 Å². The lowest BCUT2D eigenvalue weighted by molar-refractivity contribution is -0.147. The fourth-order valence-electron chi connectivity index (χ4n) is 2.21. The van der Waals surface area contributed by atoms with E-state index >= 15 is 0 Å². The van der Waals surface area contributed by atoms with Gasteiger partial charge in [-0.1, -0.05) is 32.3 Å². The van der Waals surface area contributed by atoms with Gasteiger partial charge in [0, 0.05) is 12.8 Å². The quantitative estimate of drug-likeness (QED) is 0.193. The molecule has 0 aliphatic rings. The van der Waals surface area contributed by atoms with E-state index in [1.165, 1.54) is 24.3 Å². The molecule has 25 heavy (non-hydrogen) atoms. The molecule has 0 N–H and O–H groups in total. The number of unbranched alkanes of at least 4 members (excludes halogenated alkanes) is 6. The number of thioether (sulfide) groups is 2. The lowest BCUT2D eigenvalue weighted by Crippen LogP contribution is -2.11. The zero-order chi connectivity index (χ0) is 18.8. The number of hydrogen-bond donors (Lipinski definition) is 0. The van der Waals surface area contributed by atoms with Gasteiger partial charge in [-0.05, 0) is 49.7 Å². The van der Waals surface area contributed by atoms with E-state index in [1.54, 1.807) is 0 Å². The van der Waals surface area contributed by atoms with Crippen molar-refractivity contribution in [2.24, 2.45) is 0 Å². The Morgan fingerprint density at radius 3 is 1.76 bits per heavy atom. The molecule has 6 heteroatoms. The molecular formula is C19H34O4S2. The molecule has 0 atom stereocenters. The fraction of sp³-hybridized carbons (Fsp3) is 0.789. The molecule has 0 fully saturated rings. The lowest BCUT2D eigenvalue weighted by Gasteiger charge is -2.08. The molecule has 0 aliphatic heterocycles. The highest BCUT2D eigenvalue weighted by molar-refractivity contribution is 7.98. The van der Waals surface area contributed by atoms with Gasteiger partial charge in [-0.2, -0.15) is 23.5 Å². The van der Waals surface area contributed by atoms with Crippen LogP contribution in [-0.2, 0) is 19.1 Å². The van der Waals surface area contributed by atoms with Gasteiger partial charge in [0.05, 0.1) is 0 Å². The average Bonchev–Trinajstić information content (AvgIpc) is 2.59. The van der Waals surface area contributed by atoms with Gasteiger partial charge < -0.3 is 9.47 Å². The number of carbonyl (C=O) groups excluding carboxylic acids is 2. The Balaban J connectivity index is 3.54. The largest absolute Gasteiger partial charge is 0.458 e. The maximum atomic E-state index is 11.7. The van der Waals surface area contributed by atoms with Crippen LogP contribution in [0.4, 0.5) is 0 Å². The van der Waals surface area contributed by atoms with Gasteiger partial charge in [0.1, 0.15) is 12.4 Å². The third-order valence-corrected chi connectivity index (χ3v) is 5.00. The molecule has 0 unspecified atom stereocenters. The molecule has 0 amide bonds. The minimum absolute atomic E-state index is 0.0369. The highest BCUT2D eigenvalue weighted by Crippen LogP contribution is 2.10. The molecule has 0 saturated carbocycles. The van der Waals surface area contributed by atoms with E-state index in [4.69, 9.17) is 9.47 Å². The zero-order valence-electron chi connectivity index (χ0n) is 15.8. The van der Waals surface area contributed by atoms with Gasteiger partial charge in [-0.3, -0.25) is 9.59 Å². The molecule has 0 aromatic rings. The topological polar surface area (TPSA) is 52.6 Å². The van der Waals surface area contributed by atoms with Crippen LogP contribution < -0.4 is 0 Å². The Bertz CT molecular complexity index is 372. The second-order valence-electron chi connectivity index (χ2n) is 5.99. The second kappa shape index (κ2) is 18.2. The molecule has 0 heterocycles. The minimum atomic E-state index is -0.292. The van der Waals surface area contributed by atoms with Crippen LogP contribution in [0.3, 0.4) is 0 Å². The molecule has 0 aromatic carbocycles. The SMILES string of the molecule is C=C(COC(=O)CCCCCCSC)OC(=O)CCCCCCSC. The van der Waals surface area contributed by atoms with E-state index in [0.29, 0.717) is 12.8 Å². The van der Waals surface area contributed by atoms with Crippen LogP contribution >= 0.6 is 23.5 Å². The summed E-state index contributed by atoms with van der Waals surface area (Å²) in [5, 5.41) is 0. The van der Waals surface area contributed by atoms with Crippen molar-refractivity contribution in [1.82, 2.24) is 0 Å². The van der Waals surface area contributed by atoms with Crippen LogP contribution in [0.15, 0.2) is 12.3 Å². The highest BCUT2D eigenvalue weighted by atomic mass is 32.2. The van der Waals surface area contributed by atoms with E-state index in [2.05, 4.69) is 19.1 Å². The third-order valence-electron chi connectivity index (χ3n) is 3.61. The molecule has 4 nitrogen and oxygen atoms in total. The maximum absolute atomic E-state index is 11.7. The van der Waals surface area contributed by atoms with Crippen molar-refractivity contribution in [3.63, 3.8) is 0 Å².